The lowest BCUT2D eigenvalue weighted by Gasteiger charge is -2.14. The van der Waals surface area contributed by atoms with Crippen molar-refractivity contribution in [3.8, 4) is 17.2 Å². The number of amides is 1. The second-order valence-corrected chi connectivity index (χ2v) is 8.93. The van der Waals surface area contributed by atoms with Gasteiger partial charge in [0.2, 0.25) is 0 Å². The maximum atomic E-state index is 13.3. The third-order valence-corrected chi connectivity index (χ3v) is 6.26. The smallest absolute Gasteiger partial charge is 0.270 e. The first-order valence-electron chi connectivity index (χ1n) is 10.6. The summed E-state index contributed by atoms with van der Waals surface area (Å²) in [5, 5.41) is 0. The summed E-state index contributed by atoms with van der Waals surface area (Å²) in [6, 6.07) is 20.6. The number of nitrogens with zero attached hydrogens (tertiary/aromatic N) is 1. The molecule has 8 heteroatoms. The van der Waals surface area contributed by atoms with Gasteiger partial charge in [-0.25, -0.2) is 4.39 Å². The Labute approximate surface area is 207 Å². The highest BCUT2D eigenvalue weighted by Crippen LogP contribution is 2.37. The van der Waals surface area contributed by atoms with Gasteiger partial charge in [0.1, 0.15) is 23.1 Å². The highest BCUT2D eigenvalue weighted by atomic mass is 32.2. The minimum atomic E-state index is -0.370. The Bertz CT molecular complexity index is 1200. The van der Waals surface area contributed by atoms with Crippen LogP contribution in [0.25, 0.3) is 6.08 Å². The second kappa shape index (κ2) is 11.2. The number of halogens is 1. The third-order valence-electron chi connectivity index (χ3n) is 4.96. The van der Waals surface area contributed by atoms with Crippen LogP contribution in [0.15, 0.2) is 77.7 Å². The van der Waals surface area contributed by atoms with Gasteiger partial charge in [-0.2, -0.15) is 0 Å². The Morgan fingerprint density at radius 2 is 1.62 bits per heavy atom. The fourth-order valence-electron chi connectivity index (χ4n) is 3.26. The topological polar surface area (TPSA) is 48.0 Å². The zero-order chi connectivity index (χ0) is 23.9. The van der Waals surface area contributed by atoms with Crippen LogP contribution in [0, 0.1) is 5.82 Å². The number of hydrogen-bond acceptors (Lipinski definition) is 6. The van der Waals surface area contributed by atoms with Gasteiger partial charge in [0.25, 0.3) is 5.91 Å². The average molecular weight is 496 g/mol. The average Bonchev–Trinajstić information content (AvgIpc) is 3.13. The number of carbonyl (C=O) groups is 1. The molecule has 0 aromatic heterocycles. The molecule has 174 valence electrons. The number of carbonyl (C=O) groups excluding carboxylic acids is 1. The van der Waals surface area contributed by atoms with Crippen LogP contribution < -0.4 is 19.1 Å². The molecule has 0 radical (unpaired) electrons. The fraction of sp³-hybridized carbons (Fsp3) is 0.154. The molecule has 1 aliphatic rings. The van der Waals surface area contributed by atoms with Gasteiger partial charge in [-0.1, -0.05) is 42.2 Å². The van der Waals surface area contributed by atoms with Crippen molar-refractivity contribution in [3.05, 3.63) is 89.1 Å². The van der Waals surface area contributed by atoms with E-state index in [-0.39, 0.29) is 11.7 Å². The number of rotatable bonds is 9. The van der Waals surface area contributed by atoms with E-state index in [1.54, 1.807) is 13.2 Å². The SMILES string of the molecule is COc1ccc(OCCCOc2ccccc2C=C2SC(=S)N(c3ccc(F)cc3)C2=O)cc1. The molecule has 4 rings (SSSR count). The summed E-state index contributed by atoms with van der Waals surface area (Å²) in [5.41, 5.74) is 1.31. The van der Waals surface area contributed by atoms with Gasteiger partial charge in [-0.15, -0.1) is 0 Å². The lowest BCUT2D eigenvalue weighted by atomic mass is 10.2. The first-order chi connectivity index (χ1) is 16.5. The van der Waals surface area contributed by atoms with Crippen LogP contribution in [0.1, 0.15) is 12.0 Å². The zero-order valence-electron chi connectivity index (χ0n) is 18.4. The van der Waals surface area contributed by atoms with E-state index in [1.807, 2.05) is 48.5 Å². The van der Waals surface area contributed by atoms with E-state index in [1.165, 1.54) is 40.9 Å². The van der Waals surface area contributed by atoms with E-state index in [0.29, 0.717) is 40.3 Å². The van der Waals surface area contributed by atoms with Crippen LogP contribution in [0.3, 0.4) is 0 Å². The minimum Gasteiger partial charge on any atom is -0.497 e. The van der Waals surface area contributed by atoms with Crippen molar-refractivity contribution in [2.24, 2.45) is 0 Å². The Hall–Kier alpha value is -3.36. The number of anilines is 1. The molecule has 5 nitrogen and oxygen atoms in total. The van der Waals surface area contributed by atoms with E-state index >= 15 is 0 Å². The lowest BCUT2D eigenvalue weighted by Crippen LogP contribution is -2.27. The van der Waals surface area contributed by atoms with Gasteiger partial charge in [0.15, 0.2) is 4.32 Å². The number of thioether (sulfide) groups is 1. The van der Waals surface area contributed by atoms with Crippen molar-refractivity contribution in [1.29, 1.82) is 0 Å². The molecule has 0 unspecified atom stereocenters. The number of benzene rings is 3. The Morgan fingerprint density at radius 1 is 0.941 bits per heavy atom. The molecule has 1 saturated heterocycles. The fourth-order valence-corrected chi connectivity index (χ4v) is 4.55. The lowest BCUT2D eigenvalue weighted by molar-refractivity contribution is -0.113. The van der Waals surface area contributed by atoms with E-state index in [2.05, 4.69) is 0 Å². The maximum absolute atomic E-state index is 13.3. The van der Waals surface area contributed by atoms with Gasteiger partial charge in [-0.3, -0.25) is 9.69 Å². The van der Waals surface area contributed by atoms with E-state index in [0.717, 1.165) is 17.1 Å². The summed E-state index contributed by atoms with van der Waals surface area (Å²) in [5.74, 6) is 1.60. The molecule has 1 amide bonds. The van der Waals surface area contributed by atoms with Crippen LogP contribution in [-0.4, -0.2) is 30.6 Å². The monoisotopic (exact) mass is 495 g/mol. The van der Waals surface area contributed by atoms with Gasteiger partial charge in [0, 0.05) is 12.0 Å². The van der Waals surface area contributed by atoms with Crippen molar-refractivity contribution < 1.29 is 23.4 Å². The molecule has 0 spiro atoms. The molecular weight excluding hydrogens is 473 g/mol. The number of ether oxygens (including phenoxy) is 3. The summed E-state index contributed by atoms with van der Waals surface area (Å²) in [6.45, 7) is 0.961. The van der Waals surface area contributed by atoms with Crippen molar-refractivity contribution in [2.75, 3.05) is 25.2 Å². The van der Waals surface area contributed by atoms with E-state index in [4.69, 9.17) is 26.4 Å². The molecular formula is C26H22FNO4S2. The number of methoxy groups -OCH3 is 1. The first kappa shape index (κ1) is 23.8. The van der Waals surface area contributed by atoms with Crippen LogP contribution in [0.5, 0.6) is 17.2 Å². The Balaban J connectivity index is 1.36. The largest absolute Gasteiger partial charge is 0.497 e. The standard InChI is InChI=1S/C26H22FNO4S2/c1-30-21-11-13-22(14-12-21)31-15-4-16-32-23-6-3-2-5-18(23)17-24-25(29)28(26(33)34-24)20-9-7-19(27)8-10-20/h2-3,5-14,17H,4,15-16H2,1H3. The summed E-state index contributed by atoms with van der Waals surface area (Å²) in [6.07, 6.45) is 2.46. The van der Waals surface area contributed by atoms with E-state index in [9.17, 15) is 9.18 Å². The molecule has 0 atom stereocenters. The Morgan fingerprint density at radius 3 is 2.35 bits per heavy atom. The van der Waals surface area contributed by atoms with E-state index < -0.39 is 0 Å². The molecule has 3 aromatic rings. The quantitative estimate of drug-likeness (QED) is 0.203. The van der Waals surface area contributed by atoms with Crippen molar-refractivity contribution in [3.63, 3.8) is 0 Å². The van der Waals surface area contributed by atoms with Gasteiger partial charge >= 0.3 is 0 Å². The van der Waals surface area contributed by atoms with Crippen molar-refractivity contribution in [1.82, 2.24) is 0 Å². The van der Waals surface area contributed by atoms with Gasteiger partial charge in [-0.05, 0) is 60.7 Å². The first-order valence-corrected chi connectivity index (χ1v) is 11.8. The molecule has 34 heavy (non-hydrogen) atoms. The molecule has 3 aromatic carbocycles. The van der Waals surface area contributed by atoms with Crippen LogP contribution in [0.2, 0.25) is 0 Å². The van der Waals surface area contributed by atoms with Gasteiger partial charge in [0.05, 0.1) is 30.9 Å². The molecule has 1 heterocycles. The summed E-state index contributed by atoms with van der Waals surface area (Å²) < 4.78 is 30.5. The molecule has 0 saturated carbocycles. The molecule has 0 N–H and O–H groups in total. The normalized spacial score (nSPS) is 14.5. The molecule has 1 aliphatic heterocycles. The number of hydrogen-bond donors (Lipinski definition) is 0. The van der Waals surface area contributed by atoms with Crippen LogP contribution >= 0.6 is 24.0 Å². The summed E-state index contributed by atoms with van der Waals surface area (Å²) >= 11 is 6.60. The second-order valence-electron chi connectivity index (χ2n) is 7.26. The van der Waals surface area contributed by atoms with Crippen molar-refractivity contribution in [2.45, 2.75) is 6.42 Å². The molecule has 1 fully saturated rings. The Kier molecular flexibility index (Phi) is 7.82. The maximum Gasteiger partial charge on any atom is 0.270 e. The molecule has 0 bridgehead atoms. The predicted octanol–water partition coefficient (Wildman–Crippen LogP) is 6.09. The van der Waals surface area contributed by atoms with Crippen LogP contribution in [-0.2, 0) is 4.79 Å². The van der Waals surface area contributed by atoms with Crippen LogP contribution in [0.4, 0.5) is 10.1 Å². The number of thiocarbonyl (C=S) groups is 1. The predicted molar refractivity (Wildman–Crippen MR) is 137 cm³/mol. The highest BCUT2D eigenvalue weighted by molar-refractivity contribution is 8.27. The van der Waals surface area contributed by atoms with Gasteiger partial charge < -0.3 is 14.2 Å². The van der Waals surface area contributed by atoms with Crippen molar-refractivity contribution >= 4 is 46.0 Å². The zero-order valence-corrected chi connectivity index (χ0v) is 20.0. The third kappa shape index (κ3) is 5.76. The summed E-state index contributed by atoms with van der Waals surface area (Å²) in [4.78, 5) is 14.9. The minimum absolute atomic E-state index is 0.246. The highest BCUT2D eigenvalue weighted by Gasteiger charge is 2.33. The summed E-state index contributed by atoms with van der Waals surface area (Å²) in [7, 11) is 1.62. The number of para-hydroxylation sites is 1. The molecule has 0 aliphatic carbocycles.